The lowest BCUT2D eigenvalue weighted by atomic mass is 9.85. The predicted octanol–water partition coefficient (Wildman–Crippen LogP) is 5.65. The second kappa shape index (κ2) is 8.56. The number of amides is 1. The summed E-state index contributed by atoms with van der Waals surface area (Å²) >= 11 is 7.41. The summed E-state index contributed by atoms with van der Waals surface area (Å²) in [6.07, 6.45) is -7.24. The molecule has 3 N–H and O–H groups in total. The molecule has 1 aliphatic rings. The Balaban J connectivity index is 1.61. The molecular weight excluding hydrogens is 553 g/mol. The van der Waals surface area contributed by atoms with E-state index in [2.05, 4.69) is 25.4 Å². The molecule has 0 fully saturated rings. The van der Waals surface area contributed by atoms with Gasteiger partial charge in [0.25, 0.3) is 0 Å². The van der Waals surface area contributed by atoms with Crippen molar-refractivity contribution in [2.45, 2.75) is 51.3 Å². The topological polar surface area (TPSA) is 112 Å². The number of nitrogens with two attached hydrogens (primary N) is 1. The van der Waals surface area contributed by atoms with E-state index >= 15 is 0 Å². The number of hydrogen-bond acceptors (Lipinski definition) is 7. The van der Waals surface area contributed by atoms with Crippen molar-refractivity contribution >= 4 is 51.4 Å². The van der Waals surface area contributed by atoms with Crippen LogP contribution < -0.4 is 11.1 Å². The Kier molecular flexibility index (Phi) is 5.91. The summed E-state index contributed by atoms with van der Waals surface area (Å²) in [7, 11) is 0. The molecular formula is C23H19ClF5N7OS. The number of aromatic nitrogens is 5. The lowest BCUT2D eigenvalue weighted by Crippen LogP contribution is -2.37. The van der Waals surface area contributed by atoms with Crippen molar-refractivity contribution in [3.63, 3.8) is 0 Å². The van der Waals surface area contributed by atoms with Gasteiger partial charge in [-0.1, -0.05) is 11.6 Å². The summed E-state index contributed by atoms with van der Waals surface area (Å²) in [4.78, 5) is 27.4. The number of fused-ring (bicyclic) bond motifs is 2. The van der Waals surface area contributed by atoms with E-state index in [1.54, 1.807) is 6.92 Å². The molecule has 15 heteroatoms. The standard InChI is InChI=1S/C23H19ClF5N7OS/c1-9-10(2)38-20(31-9)21(3)14-16(30)32-18(33-17(14)34-19(21)37)15-12-5-4-11(24)8-13(12)36(35-15)7-6-22(25,26)23(27,28)29/h4-5,8H,6-7H2,1-3H3,(H3,30,32,33,34,37). The van der Waals surface area contributed by atoms with Crippen LogP contribution in [0.2, 0.25) is 5.02 Å². The van der Waals surface area contributed by atoms with Crippen LogP contribution in [0.15, 0.2) is 18.2 Å². The van der Waals surface area contributed by atoms with E-state index in [0.29, 0.717) is 16.0 Å². The van der Waals surface area contributed by atoms with Gasteiger partial charge in [0.2, 0.25) is 5.91 Å². The number of nitrogens with zero attached hydrogens (tertiary/aromatic N) is 5. The maximum absolute atomic E-state index is 13.6. The Labute approximate surface area is 221 Å². The molecule has 1 amide bonds. The van der Waals surface area contributed by atoms with Gasteiger partial charge in [0.05, 0.1) is 16.8 Å². The van der Waals surface area contributed by atoms with Crippen molar-refractivity contribution < 1.29 is 26.7 Å². The average molecular weight is 572 g/mol. The number of alkyl halides is 5. The number of aryl methyl sites for hydroxylation is 3. The molecule has 0 aliphatic carbocycles. The molecule has 0 bridgehead atoms. The summed E-state index contributed by atoms with van der Waals surface area (Å²) in [5, 5.41) is 8.03. The van der Waals surface area contributed by atoms with E-state index < -0.39 is 36.4 Å². The summed E-state index contributed by atoms with van der Waals surface area (Å²) in [6, 6.07) is 4.42. The number of nitrogen functional groups attached to an aromatic ring is 1. The minimum atomic E-state index is -5.70. The van der Waals surface area contributed by atoms with Gasteiger partial charge >= 0.3 is 12.1 Å². The minimum absolute atomic E-state index is 0.0309. The fourth-order valence-electron chi connectivity index (χ4n) is 4.27. The molecule has 0 spiro atoms. The molecule has 0 radical (unpaired) electrons. The van der Waals surface area contributed by atoms with Crippen molar-refractivity contribution in [2.24, 2.45) is 0 Å². The Hall–Kier alpha value is -3.39. The third-order valence-electron chi connectivity index (χ3n) is 6.56. The molecule has 1 aromatic carbocycles. The van der Waals surface area contributed by atoms with Gasteiger partial charge in [-0.2, -0.15) is 27.1 Å². The second-order valence-electron chi connectivity index (χ2n) is 9.08. The summed E-state index contributed by atoms with van der Waals surface area (Å²) < 4.78 is 66.4. The third-order valence-corrected chi connectivity index (χ3v) is 8.09. The summed E-state index contributed by atoms with van der Waals surface area (Å²) in [6.45, 7) is 4.61. The van der Waals surface area contributed by atoms with E-state index in [0.717, 1.165) is 15.3 Å². The monoisotopic (exact) mass is 571 g/mol. The highest BCUT2D eigenvalue weighted by Crippen LogP contribution is 2.47. The van der Waals surface area contributed by atoms with Crippen molar-refractivity contribution in [1.29, 1.82) is 0 Å². The molecule has 1 atom stereocenters. The zero-order chi connectivity index (χ0) is 27.8. The van der Waals surface area contributed by atoms with Gasteiger partial charge in [0.15, 0.2) is 5.82 Å². The van der Waals surface area contributed by atoms with Crippen LogP contribution in [0.1, 0.15) is 34.5 Å². The van der Waals surface area contributed by atoms with E-state index in [9.17, 15) is 26.7 Å². The quantitative estimate of drug-likeness (QED) is 0.300. The molecule has 8 nitrogen and oxygen atoms in total. The van der Waals surface area contributed by atoms with E-state index in [4.69, 9.17) is 17.3 Å². The number of nitrogens with one attached hydrogen (secondary N) is 1. The third kappa shape index (κ3) is 3.97. The van der Waals surface area contributed by atoms with Gasteiger partial charge in [0.1, 0.15) is 27.8 Å². The first-order chi connectivity index (χ1) is 17.6. The van der Waals surface area contributed by atoms with E-state index in [-0.39, 0.29) is 33.7 Å². The first-order valence-corrected chi connectivity index (χ1v) is 12.4. The number of anilines is 2. The molecule has 1 aliphatic heterocycles. The Morgan fingerprint density at radius 2 is 1.87 bits per heavy atom. The van der Waals surface area contributed by atoms with Crippen LogP contribution in [0.4, 0.5) is 33.6 Å². The number of rotatable bonds is 5. The summed E-state index contributed by atoms with van der Waals surface area (Å²) in [5.41, 5.74) is 6.45. The minimum Gasteiger partial charge on any atom is -0.383 e. The fourth-order valence-corrected chi connectivity index (χ4v) is 5.51. The second-order valence-corrected chi connectivity index (χ2v) is 10.7. The van der Waals surface area contributed by atoms with Gasteiger partial charge in [-0.15, -0.1) is 11.3 Å². The lowest BCUT2D eigenvalue weighted by Gasteiger charge is -2.20. The Morgan fingerprint density at radius 1 is 1.16 bits per heavy atom. The highest BCUT2D eigenvalue weighted by atomic mass is 35.5. The van der Waals surface area contributed by atoms with Crippen LogP contribution in [0.5, 0.6) is 0 Å². The maximum Gasteiger partial charge on any atom is 0.453 e. The van der Waals surface area contributed by atoms with Crippen LogP contribution in [-0.4, -0.2) is 42.7 Å². The molecule has 4 aromatic rings. The smallest absolute Gasteiger partial charge is 0.383 e. The predicted molar refractivity (Wildman–Crippen MR) is 132 cm³/mol. The number of benzene rings is 1. The van der Waals surface area contributed by atoms with E-state index in [1.165, 1.54) is 29.5 Å². The van der Waals surface area contributed by atoms with Crippen LogP contribution in [0.3, 0.4) is 0 Å². The number of carbonyl (C=O) groups excluding carboxylic acids is 1. The molecule has 4 heterocycles. The number of halogens is 6. The highest BCUT2D eigenvalue weighted by molar-refractivity contribution is 7.12. The first kappa shape index (κ1) is 26.2. The Morgan fingerprint density at radius 3 is 2.50 bits per heavy atom. The van der Waals surface area contributed by atoms with Gasteiger partial charge in [-0.3, -0.25) is 9.48 Å². The van der Waals surface area contributed by atoms with Gasteiger partial charge < -0.3 is 11.1 Å². The number of hydrogen-bond donors (Lipinski definition) is 2. The van der Waals surface area contributed by atoms with Crippen molar-refractivity contribution in [2.75, 3.05) is 11.1 Å². The normalized spacial score (nSPS) is 17.8. The van der Waals surface area contributed by atoms with Crippen LogP contribution in [0, 0.1) is 13.8 Å². The van der Waals surface area contributed by atoms with Gasteiger partial charge in [0, 0.05) is 28.3 Å². The van der Waals surface area contributed by atoms with Crippen LogP contribution in [-0.2, 0) is 16.8 Å². The van der Waals surface area contributed by atoms with Gasteiger partial charge in [-0.25, -0.2) is 15.0 Å². The van der Waals surface area contributed by atoms with Crippen molar-refractivity contribution in [1.82, 2.24) is 24.7 Å². The molecule has 38 heavy (non-hydrogen) atoms. The molecule has 3 aromatic heterocycles. The molecule has 0 saturated heterocycles. The zero-order valence-corrected chi connectivity index (χ0v) is 21.6. The molecule has 200 valence electrons. The van der Waals surface area contributed by atoms with Crippen molar-refractivity contribution in [3.8, 4) is 11.5 Å². The average Bonchev–Trinajstić information content (AvgIpc) is 3.43. The fraction of sp³-hybridized carbons (Fsp3) is 0.348. The van der Waals surface area contributed by atoms with E-state index in [1.807, 2.05) is 13.8 Å². The zero-order valence-electron chi connectivity index (χ0n) is 20.0. The first-order valence-electron chi connectivity index (χ1n) is 11.2. The SMILES string of the molecule is Cc1nc(C2(C)C(=O)Nc3nc(-c4nn(CCC(F)(F)C(F)(F)F)c5cc(Cl)ccc45)nc(N)c32)sc1C. The molecule has 1 unspecified atom stereocenters. The van der Waals surface area contributed by atoms with Crippen molar-refractivity contribution in [3.05, 3.63) is 44.4 Å². The maximum atomic E-state index is 13.6. The Bertz CT molecular complexity index is 1600. The largest absolute Gasteiger partial charge is 0.453 e. The van der Waals surface area contributed by atoms with Crippen LogP contribution >= 0.6 is 22.9 Å². The van der Waals surface area contributed by atoms with Crippen LogP contribution in [0.25, 0.3) is 22.4 Å². The van der Waals surface area contributed by atoms with Gasteiger partial charge in [-0.05, 0) is 39.0 Å². The number of thiazole rings is 1. The summed E-state index contributed by atoms with van der Waals surface area (Å²) in [5.74, 6) is -5.27. The molecule has 0 saturated carbocycles. The highest BCUT2D eigenvalue weighted by Gasteiger charge is 2.57. The lowest BCUT2D eigenvalue weighted by molar-refractivity contribution is -0.285. The number of carbonyl (C=O) groups is 1. The molecule has 5 rings (SSSR count).